The summed E-state index contributed by atoms with van der Waals surface area (Å²) >= 11 is 15.8. The minimum atomic E-state index is -0.453. The van der Waals surface area contributed by atoms with Gasteiger partial charge < -0.3 is 15.2 Å². The van der Waals surface area contributed by atoms with E-state index in [0.29, 0.717) is 28.1 Å². The lowest BCUT2D eigenvalue weighted by atomic mass is 10.0. The Balaban J connectivity index is 1.78. The smallest absolute Gasteiger partial charge is 0.253 e. The lowest BCUT2D eigenvalue weighted by Gasteiger charge is -2.23. The molecule has 0 bridgehead atoms. The number of hydrogen-bond donors (Lipinski definition) is 2. The molecule has 0 aliphatic heterocycles. The van der Waals surface area contributed by atoms with E-state index in [1.807, 2.05) is 30.5 Å². The molecular formula is C27H30Cl2IN5O2S. The second-order valence-corrected chi connectivity index (χ2v) is 12.3. The standard InChI is InChI=1S/C27H30Cl2IN5O2S/c1-6-11-35-25(24(16(4)5)32-26(37)19-9-7-17(28)12-21(19)29)33-34-27(35)38-14-23(36)31-22-10-8-18(30)13-20(22)15(2)3/h6-10,12-13,15-16,24H,1,11,14H2,2-5H3,(H,31,36)(H,32,37)/t24-/m0/s1. The number of halogens is 3. The third kappa shape index (κ3) is 7.74. The molecule has 0 fully saturated rings. The van der Waals surface area contributed by atoms with Crippen molar-refractivity contribution in [2.24, 2.45) is 5.92 Å². The Bertz CT molecular complexity index is 1330. The maximum absolute atomic E-state index is 13.1. The van der Waals surface area contributed by atoms with Gasteiger partial charge in [0, 0.05) is 20.8 Å². The van der Waals surface area contributed by atoms with Crippen molar-refractivity contribution in [1.82, 2.24) is 20.1 Å². The van der Waals surface area contributed by atoms with Crippen LogP contribution in [0.15, 0.2) is 54.2 Å². The minimum Gasteiger partial charge on any atom is -0.342 e. The summed E-state index contributed by atoms with van der Waals surface area (Å²) in [6, 6.07) is 10.3. The van der Waals surface area contributed by atoms with E-state index in [2.05, 4.69) is 69.9 Å². The van der Waals surface area contributed by atoms with Gasteiger partial charge in [0.2, 0.25) is 5.91 Å². The van der Waals surface area contributed by atoms with Crippen molar-refractivity contribution in [3.05, 3.63) is 79.6 Å². The summed E-state index contributed by atoms with van der Waals surface area (Å²) in [6.45, 7) is 12.4. The molecule has 2 N–H and O–H groups in total. The molecule has 0 spiro atoms. The molecule has 38 heavy (non-hydrogen) atoms. The van der Waals surface area contributed by atoms with Gasteiger partial charge in [0.15, 0.2) is 11.0 Å². The lowest BCUT2D eigenvalue weighted by Crippen LogP contribution is -2.34. The molecule has 7 nitrogen and oxygen atoms in total. The normalized spacial score (nSPS) is 12.0. The summed E-state index contributed by atoms with van der Waals surface area (Å²) in [6.07, 6.45) is 1.73. The summed E-state index contributed by atoms with van der Waals surface area (Å²) in [5.41, 5.74) is 2.21. The molecule has 0 saturated heterocycles. The number of nitrogens with zero attached hydrogens (tertiary/aromatic N) is 3. The topological polar surface area (TPSA) is 88.9 Å². The van der Waals surface area contributed by atoms with Crippen molar-refractivity contribution in [3.63, 3.8) is 0 Å². The number of amides is 2. The van der Waals surface area contributed by atoms with Crippen LogP contribution in [0.3, 0.4) is 0 Å². The first-order chi connectivity index (χ1) is 18.0. The highest BCUT2D eigenvalue weighted by Gasteiger charge is 2.27. The number of carbonyl (C=O) groups is 2. The monoisotopic (exact) mass is 685 g/mol. The number of hydrogen-bond acceptors (Lipinski definition) is 5. The Morgan fingerprint density at radius 2 is 1.87 bits per heavy atom. The summed E-state index contributed by atoms with van der Waals surface area (Å²) in [4.78, 5) is 25.9. The van der Waals surface area contributed by atoms with Crippen molar-refractivity contribution >= 4 is 75.1 Å². The summed E-state index contributed by atoms with van der Waals surface area (Å²) in [7, 11) is 0. The van der Waals surface area contributed by atoms with Crippen molar-refractivity contribution in [1.29, 1.82) is 0 Å². The Labute approximate surface area is 251 Å². The van der Waals surface area contributed by atoms with Crippen LogP contribution in [0.1, 0.15) is 61.4 Å². The molecule has 2 aromatic carbocycles. The maximum Gasteiger partial charge on any atom is 0.253 e. The third-order valence-electron chi connectivity index (χ3n) is 5.71. The number of rotatable bonds is 11. The molecule has 1 aromatic heterocycles. The molecule has 3 aromatic rings. The van der Waals surface area contributed by atoms with E-state index < -0.39 is 6.04 Å². The Morgan fingerprint density at radius 1 is 1.13 bits per heavy atom. The Morgan fingerprint density at radius 3 is 2.50 bits per heavy atom. The Kier molecular flexibility index (Phi) is 11.1. The first-order valence-corrected chi connectivity index (χ1v) is 14.9. The highest BCUT2D eigenvalue weighted by molar-refractivity contribution is 14.1. The number of benzene rings is 2. The fourth-order valence-corrected chi connectivity index (χ4v) is 5.57. The van der Waals surface area contributed by atoms with Crippen LogP contribution >= 0.6 is 57.6 Å². The second-order valence-electron chi connectivity index (χ2n) is 9.28. The zero-order chi connectivity index (χ0) is 28.0. The van der Waals surface area contributed by atoms with Crippen LogP contribution in [0.5, 0.6) is 0 Å². The number of carbonyl (C=O) groups excluding carboxylic acids is 2. The van der Waals surface area contributed by atoms with Crippen molar-refractivity contribution < 1.29 is 9.59 Å². The zero-order valence-electron chi connectivity index (χ0n) is 21.6. The highest BCUT2D eigenvalue weighted by atomic mass is 127. The molecule has 0 unspecified atom stereocenters. The van der Waals surface area contributed by atoms with Crippen LogP contribution in [0.25, 0.3) is 0 Å². The molecule has 1 heterocycles. The van der Waals surface area contributed by atoms with E-state index in [9.17, 15) is 9.59 Å². The van der Waals surface area contributed by atoms with Gasteiger partial charge in [-0.3, -0.25) is 9.59 Å². The average Bonchev–Trinajstić information content (AvgIpc) is 3.24. The average molecular weight is 686 g/mol. The SMILES string of the molecule is C=CCn1c(SCC(=O)Nc2ccc(I)cc2C(C)C)nnc1[C@@H](NC(=O)c1ccc(Cl)cc1Cl)C(C)C. The lowest BCUT2D eigenvalue weighted by molar-refractivity contribution is -0.113. The molecule has 202 valence electrons. The number of nitrogens with one attached hydrogen (secondary N) is 2. The van der Waals surface area contributed by atoms with E-state index in [-0.39, 0.29) is 34.4 Å². The zero-order valence-corrected chi connectivity index (χ0v) is 26.1. The predicted octanol–water partition coefficient (Wildman–Crippen LogP) is 7.36. The van der Waals surface area contributed by atoms with E-state index in [1.165, 1.54) is 17.8 Å². The van der Waals surface area contributed by atoms with E-state index in [0.717, 1.165) is 14.8 Å². The molecule has 0 aliphatic rings. The number of anilines is 1. The van der Waals surface area contributed by atoms with Gasteiger partial charge in [-0.25, -0.2) is 0 Å². The number of allylic oxidation sites excluding steroid dienone is 1. The quantitative estimate of drug-likeness (QED) is 0.125. The van der Waals surface area contributed by atoms with E-state index >= 15 is 0 Å². The molecule has 2 amide bonds. The van der Waals surface area contributed by atoms with Crippen LogP contribution < -0.4 is 10.6 Å². The van der Waals surface area contributed by atoms with Gasteiger partial charge in [-0.05, 0) is 76.4 Å². The van der Waals surface area contributed by atoms with Crippen LogP contribution in [0.2, 0.25) is 10.0 Å². The summed E-state index contributed by atoms with van der Waals surface area (Å²) in [5, 5.41) is 16.1. The van der Waals surface area contributed by atoms with Crippen LogP contribution in [0, 0.1) is 9.49 Å². The predicted molar refractivity (Wildman–Crippen MR) is 164 cm³/mol. The minimum absolute atomic E-state index is 0.00531. The molecule has 1 atom stereocenters. The van der Waals surface area contributed by atoms with Gasteiger partial charge >= 0.3 is 0 Å². The maximum atomic E-state index is 13.1. The molecular weight excluding hydrogens is 656 g/mol. The van der Waals surface area contributed by atoms with Crippen molar-refractivity contribution in [2.75, 3.05) is 11.1 Å². The number of thioether (sulfide) groups is 1. The largest absolute Gasteiger partial charge is 0.342 e. The fourth-order valence-electron chi connectivity index (χ4n) is 3.80. The molecule has 0 aliphatic carbocycles. The fraction of sp³-hybridized carbons (Fsp3) is 0.333. The summed E-state index contributed by atoms with van der Waals surface area (Å²) < 4.78 is 2.98. The molecule has 0 radical (unpaired) electrons. The van der Waals surface area contributed by atoms with Crippen LogP contribution in [-0.2, 0) is 11.3 Å². The third-order valence-corrected chi connectivity index (χ3v) is 7.89. The molecule has 11 heteroatoms. The van der Waals surface area contributed by atoms with Crippen LogP contribution in [0.4, 0.5) is 5.69 Å². The highest BCUT2D eigenvalue weighted by Crippen LogP contribution is 2.29. The molecule has 3 rings (SSSR count). The van der Waals surface area contributed by atoms with Gasteiger partial charge in [0.05, 0.1) is 22.4 Å². The number of aromatic nitrogens is 3. The van der Waals surface area contributed by atoms with Crippen molar-refractivity contribution in [3.8, 4) is 0 Å². The van der Waals surface area contributed by atoms with E-state index in [4.69, 9.17) is 23.2 Å². The van der Waals surface area contributed by atoms with Gasteiger partial charge in [0.1, 0.15) is 0 Å². The van der Waals surface area contributed by atoms with Gasteiger partial charge in [-0.1, -0.05) is 68.7 Å². The van der Waals surface area contributed by atoms with E-state index in [1.54, 1.807) is 18.2 Å². The summed E-state index contributed by atoms with van der Waals surface area (Å²) in [5.74, 6) is 0.509. The molecule has 0 saturated carbocycles. The second kappa shape index (κ2) is 13.8. The first-order valence-electron chi connectivity index (χ1n) is 12.0. The van der Waals surface area contributed by atoms with Crippen LogP contribution in [-0.4, -0.2) is 32.3 Å². The van der Waals surface area contributed by atoms with Gasteiger partial charge in [0.25, 0.3) is 5.91 Å². The van der Waals surface area contributed by atoms with Crippen molar-refractivity contribution in [2.45, 2.75) is 51.4 Å². The first kappa shape index (κ1) is 30.5. The van der Waals surface area contributed by atoms with Gasteiger partial charge in [-0.2, -0.15) is 0 Å². The van der Waals surface area contributed by atoms with Gasteiger partial charge in [-0.15, -0.1) is 16.8 Å². The Hall–Kier alpha value is -2.08.